The SMILES string of the molecule is CC[C@H](C)[C@H](NC(=O)[C@H](CCC(N)=O)NC(=O)[C@H](CC(C)C)NC(=O)[C@H](Cc1ccc(O)cc1)NC(=O)[C@H](CC(N)=O)NC(=O)[C@H](CC(N)=O)NC(=O)[C@H](CO)NC(=O)[C@@H](N)CC(C)C)C(=O)N[C@@H](CCCN=C(N)N)C(=O)O. The number of aliphatic hydroxyl groups is 1. The molecule has 1 aromatic carbocycles. The summed E-state index contributed by atoms with van der Waals surface area (Å²) in [5.41, 5.74) is 33.1. The fraction of sp³-hybridized carbons (Fsp3) is 0.612. The second-order valence-corrected chi connectivity index (χ2v) is 19.9. The molecule has 0 aliphatic rings. The summed E-state index contributed by atoms with van der Waals surface area (Å²) in [6, 6.07) is -8.79. The number of aliphatic carboxylic acids is 1. The van der Waals surface area contributed by atoms with Crippen molar-refractivity contribution in [2.75, 3.05) is 13.2 Å². The highest BCUT2D eigenvalue weighted by atomic mass is 16.4. The first kappa shape index (κ1) is 68.9. The Bertz CT molecular complexity index is 2310. The van der Waals surface area contributed by atoms with Crippen LogP contribution in [0.2, 0.25) is 0 Å². The summed E-state index contributed by atoms with van der Waals surface area (Å²) in [5, 5.41) is 48.8. The van der Waals surface area contributed by atoms with Gasteiger partial charge in [-0.05, 0) is 67.6 Å². The average molecular weight is 1120 g/mol. The number of aliphatic hydroxyl groups excluding tert-OH is 1. The Balaban J connectivity index is 3.63. The van der Waals surface area contributed by atoms with Crippen molar-refractivity contribution in [2.45, 2.75) is 160 Å². The molecule has 0 aliphatic heterocycles. The first-order chi connectivity index (χ1) is 36.9. The molecule has 23 N–H and O–H groups in total. The van der Waals surface area contributed by atoms with Crippen molar-refractivity contribution >= 4 is 76.9 Å². The van der Waals surface area contributed by atoms with Gasteiger partial charge in [0.1, 0.15) is 54.1 Å². The molecule has 0 radical (unpaired) electrons. The fourth-order valence-electron chi connectivity index (χ4n) is 7.58. The molecule has 1 aromatic rings. The number of aromatic hydroxyl groups is 1. The molecule has 10 atom stereocenters. The van der Waals surface area contributed by atoms with Gasteiger partial charge in [0.15, 0.2) is 5.96 Å². The van der Waals surface area contributed by atoms with E-state index >= 15 is 0 Å². The number of nitrogens with two attached hydrogens (primary N) is 6. The maximum atomic E-state index is 14.4. The van der Waals surface area contributed by atoms with Crippen LogP contribution in [0, 0.1) is 17.8 Å². The molecule has 11 amide bonds. The van der Waals surface area contributed by atoms with E-state index in [4.69, 9.17) is 34.4 Å². The van der Waals surface area contributed by atoms with Crippen molar-refractivity contribution in [1.82, 2.24) is 42.5 Å². The Morgan fingerprint density at radius 3 is 1.44 bits per heavy atom. The minimum absolute atomic E-state index is 0.0197. The van der Waals surface area contributed by atoms with Crippen LogP contribution in [0.4, 0.5) is 0 Å². The van der Waals surface area contributed by atoms with Gasteiger partial charge < -0.3 is 92.3 Å². The van der Waals surface area contributed by atoms with Crippen molar-refractivity contribution in [3.05, 3.63) is 29.8 Å². The summed E-state index contributed by atoms with van der Waals surface area (Å²) >= 11 is 0. The zero-order chi connectivity index (χ0) is 60.3. The van der Waals surface area contributed by atoms with Crippen LogP contribution in [-0.4, -0.2) is 160 Å². The molecule has 0 heterocycles. The summed E-state index contributed by atoms with van der Waals surface area (Å²) < 4.78 is 0. The Kier molecular flexibility index (Phi) is 30.1. The summed E-state index contributed by atoms with van der Waals surface area (Å²) in [7, 11) is 0. The van der Waals surface area contributed by atoms with Gasteiger partial charge in [0, 0.05) is 19.4 Å². The Morgan fingerprint density at radius 2 is 0.975 bits per heavy atom. The van der Waals surface area contributed by atoms with Gasteiger partial charge in [0.2, 0.25) is 65.0 Å². The summed E-state index contributed by atoms with van der Waals surface area (Å²) in [4.78, 5) is 162. The van der Waals surface area contributed by atoms with E-state index in [1.807, 2.05) is 0 Å². The number of amides is 11. The number of phenolic OH excluding ortho intramolecular Hbond substituents is 1. The number of primary amides is 3. The van der Waals surface area contributed by atoms with Crippen LogP contribution in [-0.2, 0) is 64.0 Å². The molecule has 0 spiro atoms. The molecule has 0 bridgehead atoms. The van der Waals surface area contributed by atoms with Gasteiger partial charge in [0.05, 0.1) is 25.5 Å². The number of hydrogen-bond acceptors (Lipinski definition) is 16. The largest absolute Gasteiger partial charge is 0.508 e. The number of carbonyl (C=O) groups is 12. The van der Waals surface area contributed by atoms with Crippen molar-refractivity contribution in [1.29, 1.82) is 0 Å². The monoisotopic (exact) mass is 1120 g/mol. The average Bonchev–Trinajstić information content (AvgIpc) is 3.35. The van der Waals surface area contributed by atoms with Crippen molar-refractivity contribution in [3.8, 4) is 5.75 Å². The summed E-state index contributed by atoms with van der Waals surface area (Å²) in [6.07, 6.45) is -2.59. The quantitative estimate of drug-likeness (QED) is 0.0168. The van der Waals surface area contributed by atoms with Crippen LogP contribution >= 0.6 is 0 Å². The molecule has 0 aliphatic carbocycles. The third kappa shape index (κ3) is 26.6. The van der Waals surface area contributed by atoms with E-state index in [9.17, 15) is 72.9 Å². The van der Waals surface area contributed by atoms with Crippen LogP contribution < -0.4 is 76.9 Å². The number of rotatable bonds is 37. The van der Waals surface area contributed by atoms with Crippen molar-refractivity contribution in [3.63, 3.8) is 0 Å². The van der Waals surface area contributed by atoms with E-state index in [2.05, 4.69) is 47.5 Å². The highest BCUT2D eigenvalue weighted by Crippen LogP contribution is 2.15. The maximum absolute atomic E-state index is 14.4. The highest BCUT2D eigenvalue weighted by Gasteiger charge is 2.37. The molecular weight excluding hydrogens is 1040 g/mol. The van der Waals surface area contributed by atoms with Gasteiger partial charge in [-0.3, -0.25) is 57.7 Å². The number of carboxylic acids is 1. The van der Waals surface area contributed by atoms with Gasteiger partial charge >= 0.3 is 5.97 Å². The number of guanidine groups is 1. The van der Waals surface area contributed by atoms with Gasteiger partial charge in [-0.2, -0.15) is 0 Å². The van der Waals surface area contributed by atoms with E-state index < -0.39 is 164 Å². The van der Waals surface area contributed by atoms with E-state index in [-0.39, 0.29) is 62.2 Å². The molecule has 79 heavy (non-hydrogen) atoms. The van der Waals surface area contributed by atoms with Crippen molar-refractivity contribution in [2.24, 2.45) is 57.1 Å². The number of carboxylic acid groups (broad SMARTS) is 1. The normalized spacial score (nSPS) is 14.9. The third-order valence-corrected chi connectivity index (χ3v) is 12.0. The third-order valence-electron chi connectivity index (χ3n) is 12.0. The molecule has 0 unspecified atom stereocenters. The Hall–Kier alpha value is -8.15. The standard InChI is InChI=1S/C49H81N15O15/c1-7-25(6)39(47(77)58-30(48(78)79)9-8-16-56-49(54)55)64-41(71)29(14-15-36(51)67)57-42(72)31(18-24(4)5)59-43(73)32(19-26-10-12-27(66)13-11-26)60-44(74)33(20-37(52)68)61-45(75)34(21-38(53)69)62-46(76)35(22-65)63-40(70)28(50)17-23(2)3/h10-13,23-25,28-35,39,65-66H,7-9,14-22,50H2,1-6H3,(H2,51,67)(H2,52,68)(H2,53,69)(H,57,72)(H,58,77)(H,59,73)(H,60,74)(H,61,75)(H,62,76)(H,63,70)(H,64,71)(H,78,79)(H4,54,55,56)/t25-,28-,29-,30-,31-,32-,33-,34-,35-,39-/m0/s1. The minimum atomic E-state index is -1.93. The second kappa shape index (κ2) is 34.6. The van der Waals surface area contributed by atoms with Crippen molar-refractivity contribution < 1.29 is 72.9 Å². The van der Waals surface area contributed by atoms with Crippen LogP contribution in [0.5, 0.6) is 5.75 Å². The molecular formula is C49H81N15O15. The lowest BCUT2D eigenvalue weighted by atomic mass is 9.96. The summed E-state index contributed by atoms with van der Waals surface area (Å²) in [5.74, 6) is -14.3. The Morgan fingerprint density at radius 1 is 0.532 bits per heavy atom. The lowest BCUT2D eigenvalue weighted by Crippen LogP contribution is -2.61. The molecule has 30 nitrogen and oxygen atoms in total. The molecule has 0 saturated carbocycles. The van der Waals surface area contributed by atoms with E-state index in [1.165, 1.54) is 24.3 Å². The molecule has 0 aromatic heterocycles. The lowest BCUT2D eigenvalue weighted by Gasteiger charge is -2.29. The number of carbonyl (C=O) groups excluding carboxylic acids is 11. The van der Waals surface area contributed by atoms with Crippen LogP contribution in [0.15, 0.2) is 29.3 Å². The minimum Gasteiger partial charge on any atom is -0.508 e. The van der Waals surface area contributed by atoms with E-state index in [0.29, 0.717) is 12.0 Å². The smallest absolute Gasteiger partial charge is 0.326 e. The number of aliphatic imine (C=N–C) groups is 1. The van der Waals surface area contributed by atoms with Gasteiger partial charge in [0.25, 0.3) is 0 Å². The number of benzene rings is 1. The van der Waals surface area contributed by atoms with Gasteiger partial charge in [-0.15, -0.1) is 0 Å². The predicted molar refractivity (Wildman–Crippen MR) is 284 cm³/mol. The predicted octanol–water partition coefficient (Wildman–Crippen LogP) is -5.57. The molecule has 442 valence electrons. The zero-order valence-corrected chi connectivity index (χ0v) is 45.4. The van der Waals surface area contributed by atoms with Gasteiger partial charge in [-0.25, -0.2) is 4.79 Å². The van der Waals surface area contributed by atoms with E-state index in [1.54, 1.807) is 41.5 Å². The lowest BCUT2D eigenvalue weighted by molar-refractivity contribution is -0.143. The second-order valence-electron chi connectivity index (χ2n) is 19.9. The summed E-state index contributed by atoms with van der Waals surface area (Å²) in [6.45, 7) is 9.35. The molecule has 0 fully saturated rings. The zero-order valence-electron chi connectivity index (χ0n) is 45.4. The number of nitrogens with zero attached hydrogens (tertiary/aromatic N) is 1. The van der Waals surface area contributed by atoms with Crippen LogP contribution in [0.3, 0.4) is 0 Å². The van der Waals surface area contributed by atoms with Crippen LogP contribution in [0.1, 0.15) is 105 Å². The molecule has 0 saturated heterocycles. The number of nitrogens with one attached hydrogen (secondary N) is 8. The molecule has 1 rings (SSSR count). The topological polar surface area (TPSA) is 530 Å². The number of hydrogen-bond donors (Lipinski definition) is 17. The molecule has 30 heteroatoms. The first-order valence-corrected chi connectivity index (χ1v) is 25.6. The van der Waals surface area contributed by atoms with Crippen LogP contribution in [0.25, 0.3) is 0 Å². The first-order valence-electron chi connectivity index (χ1n) is 25.6. The highest BCUT2D eigenvalue weighted by molar-refractivity contribution is 6.00. The number of phenols is 1. The fourth-order valence-corrected chi connectivity index (χ4v) is 7.58. The van der Waals surface area contributed by atoms with E-state index in [0.717, 1.165) is 0 Å². The Labute approximate surface area is 457 Å². The maximum Gasteiger partial charge on any atom is 0.326 e. The van der Waals surface area contributed by atoms with Gasteiger partial charge in [-0.1, -0.05) is 60.1 Å².